The van der Waals surface area contributed by atoms with Crippen LogP contribution in [0.15, 0.2) is 41.3 Å². The van der Waals surface area contributed by atoms with Crippen molar-refractivity contribution in [2.75, 3.05) is 59.5 Å². The van der Waals surface area contributed by atoms with Gasteiger partial charge in [-0.15, -0.1) is 0 Å². The van der Waals surface area contributed by atoms with Gasteiger partial charge in [-0.2, -0.15) is 13.2 Å². The van der Waals surface area contributed by atoms with E-state index in [1.807, 2.05) is 0 Å². The second-order valence-electron chi connectivity index (χ2n) is 9.25. The standard InChI is InChI=1S/C24H36F3N3O3S/c1-29(34(31,32)23-10-8-22(9-11-23)24(25,26)27)18-20-4-6-21(7-5-20)19-33-17-3-2-14-30-15-12-28-13-16-30/h2-3,8-11,20-21,28H,4-7,12-19H2,1H3. The molecule has 6 nitrogen and oxygen atoms in total. The predicted octanol–water partition coefficient (Wildman–Crippen LogP) is 3.61. The number of nitrogens with one attached hydrogen (secondary N) is 1. The van der Waals surface area contributed by atoms with Crippen molar-refractivity contribution in [3.05, 3.63) is 42.0 Å². The smallest absolute Gasteiger partial charge is 0.377 e. The van der Waals surface area contributed by atoms with Crippen LogP contribution in [-0.2, 0) is 20.9 Å². The molecule has 1 N–H and O–H groups in total. The van der Waals surface area contributed by atoms with E-state index >= 15 is 0 Å². The van der Waals surface area contributed by atoms with E-state index in [1.54, 1.807) is 0 Å². The molecule has 10 heteroatoms. The molecule has 192 valence electrons. The third-order valence-electron chi connectivity index (χ3n) is 6.68. The zero-order valence-electron chi connectivity index (χ0n) is 19.8. The first-order chi connectivity index (χ1) is 16.2. The SMILES string of the molecule is CN(CC1CCC(COCC=CCN2CCNCC2)CC1)S(=O)(=O)c1ccc(C(F)(F)F)cc1. The number of hydrogen-bond donors (Lipinski definition) is 1. The van der Waals surface area contributed by atoms with E-state index in [0.717, 1.165) is 82.7 Å². The number of benzene rings is 1. The third-order valence-corrected chi connectivity index (χ3v) is 8.52. The number of piperazine rings is 1. The fourth-order valence-electron chi connectivity index (χ4n) is 4.53. The van der Waals surface area contributed by atoms with E-state index in [-0.39, 0.29) is 10.8 Å². The second kappa shape index (κ2) is 12.5. The highest BCUT2D eigenvalue weighted by molar-refractivity contribution is 7.89. The average Bonchev–Trinajstić information content (AvgIpc) is 2.82. The fraction of sp³-hybridized carbons (Fsp3) is 0.667. The summed E-state index contributed by atoms with van der Waals surface area (Å²) in [5, 5.41) is 3.34. The van der Waals surface area contributed by atoms with Crippen molar-refractivity contribution in [3.8, 4) is 0 Å². The first-order valence-corrected chi connectivity index (χ1v) is 13.4. The van der Waals surface area contributed by atoms with E-state index < -0.39 is 21.8 Å². The monoisotopic (exact) mass is 503 g/mol. The maximum atomic E-state index is 12.8. The summed E-state index contributed by atoms with van der Waals surface area (Å²) in [4.78, 5) is 2.29. The summed E-state index contributed by atoms with van der Waals surface area (Å²) in [7, 11) is -2.32. The van der Waals surface area contributed by atoms with Gasteiger partial charge in [0, 0.05) is 52.9 Å². The molecule has 1 aromatic rings. The van der Waals surface area contributed by atoms with Crippen LogP contribution in [0.4, 0.5) is 13.2 Å². The van der Waals surface area contributed by atoms with Crippen LogP contribution in [0.5, 0.6) is 0 Å². The lowest BCUT2D eigenvalue weighted by atomic mass is 9.82. The van der Waals surface area contributed by atoms with Crippen LogP contribution < -0.4 is 5.32 Å². The minimum Gasteiger partial charge on any atom is -0.377 e. The molecule has 34 heavy (non-hydrogen) atoms. The molecule has 3 rings (SSSR count). The molecule has 1 aliphatic heterocycles. The van der Waals surface area contributed by atoms with Crippen molar-refractivity contribution < 1.29 is 26.3 Å². The number of nitrogens with zero attached hydrogens (tertiary/aromatic N) is 2. The van der Waals surface area contributed by atoms with Crippen LogP contribution in [0.25, 0.3) is 0 Å². The van der Waals surface area contributed by atoms with Crippen molar-refractivity contribution in [1.82, 2.24) is 14.5 Å². The van der Waals surface area contributed by atoms with Crippen LogP contribution in [0, 0.1) is 11.8 Å². The van der Waals surface area contributed by atoms with Gasteiger partial charge in [0.05, 0.1) is 17.1 Å². The molecule has 1 aliphatic carbocycles. The van der Waals surface area contributed by atoms with E-state index in [2.05, 4.69) is 22.4 Å². The highest BCUT2D eigenvalue weighted by Gasteiger charge is 2.32. The summed E-state index contributed by atoms with van der Waals surface area (Å²) in [5.74, 6) is 0.721. The maximum Gasteiger partial charge on any atom is 0.416 e. The molecular weight excluding hydrogens is 467 g/mol. The van der Waals surface area contributed by atoms with Gasteiger partial charge in [-0.1, -0.05) is 12.2 Å². The Kier molecular flexibility index (Phi) is 9.96. The Labute approximate surface area is 201 Å². The van der Waals surface area contributed by atoms with Gasteiger partial charge in [0.2, 0.25) is 10.0 Å². The van der Waals surface area contributed by atoms with Crippen molar-refractivity contribution in [2.45, 2.75) is 36.8 Å². The maximum absolute atomic E-state index is 12.8. The fourth-order valence-corrected chi connectivity index (χ4v) is 5.77. The van der Waals surface area contributed by atoms with Gasteiger partial charge in [0.15, 0.2) is 0 Å². The lowest BCUT2D eigenvalue weighted by Gasteiger charge is -2.31. The van der Waals surface area contributed by atoms with Crippen LogP contribution >= 0.6 is 0 Å². The zero-order valence-corrected chi connectivity index (χ0v) is 20.6. The molecule has 1 saturated carbocycles. The topological polar surface area (TPSA) is 61.9 Å². The van der Waals surface area contributed by atoms with Gasteiger partial charge in [-0.3, -0.25) is 4.90 Å². The normalized spacial score (nSPS) is 23.1. The van der Waals surface area contributed by atoms with Crippen LogP contribution in [-0.4, -0.2) is 77.2 Å². The molecule has 0 radical (unpaired) electrons. The molecule has 2 aliphatic rings. The van der Waals surface area contributed by atoms with Crippen LogP contribution in [0.2, 0.25) is 0 Å². The molecule has 0 amide bonds. The first kappa shape index (κ1) is 27.1. The highest BCUT2D eigenvalue weighted by atomic mass is 32.2. The summed E-state index contributed by atoms with van der Waals surface area (Å²) < 4.78 is 70.9. The Morgan fingerprint density at radius 3 is 2.29 bits per heavy atom. The highest BCUT2D eigenvalue weighted by Crippen LogP contribution is 2.32. The average molecular weight is 504 g/mol. The van der Waals surface area contributed by atoms with E-state index in [0.29, 0.717) is 25.7 Å². The van der Waals surface area contributed by atoms with Crippen LogP contribution in [0.1, 0.15) is 31.2 Å². The van der Waals surface area contributed by atoms with Crippen molar-refractivity contribution in [3.63, 3.8) is 0 Å². The summed E-state index contributed by atoms with van der Waals surface area (Å²) >= 11 is 0. The zero-order chi connectivity index (χ0) is 24.6. The molecule has 2 fully saturated rings. The van der Waals surface area contributed by atoms with Gasteiger partial charge >= 0.3 is 6.18 Å². The number of sulfonamides is 1. The summed E-state index contributed by atoms with van der Waals surface area (Å²) in [6.45, 7) is 6.90. The van der Waals surface area contributed by atoms with Gasteiger partial charge in [0.1, 0.15) is 0 Å². The number of alkyl halides is 3. The van der Waals surface area contributed by atoms with E-state index in [9.17, 15) is 21.6 Å². The van der Waals surface area contributed by atoms with Crippen molar-refractivity contribution >= 4 is 10.0 Å². The number of halogens is 3. The minimum atomic E-state index is -4.49. The quantitative estimate of drug-likeness (QED) is 0.391. The minimum absolute atomic E-state index is 0.116. The third kappa shape index (κ3) is 8.05. The predicted molar refractivity (Wildman–Crippen MR) is 126 cm³/mol. The lowest BCUT2D eigenvalue weighted by molar-refractivity contribution is -0.137. The van der Waals surface area contributed by atoms with E-state index in [4.69, 9.17) is 4.74 Å². The molecule has 0 aromatic heterocycles. The summed E-state index contributed by atoms with van der Waals surface area (Å²) in [6.07, 6.45) is 3.56. The largest absolute Gasteiger partial charge is 0.416 e. The second-order valence-corrected chi connectivity index (χ2v) is 11.3. The van der Waals surface area contributed by atoms with Gasteiger partial charge in [-0.25, -0.2) is 12.7 Å². The number of hydrogen-bond acceptors (Lipinski definition) is 5. The van der Waals surface area contributed by atoms with Gasteiger partial charge < -0.3 is 10.1 Å². The first-order valence-electron chi connectivity index (χ1n) is 12.0. The van der Waals surface area contributed by atoms with Crippen LogP contribution in [0.3, 0.4) is 0 Å². The van der Waals surface area contributed by atoms with Gasteiger partial charge in [0.25, 0.3) is 0 Å². The Hall–Kier alpha value is -1.46. The number of rotatable bonds is 10. The Bertz CT molecular complexity index is 877. The van der Waals surface area contributed by atoms with Crippen molar-refractivity contribution in [2.24, 2.45) is 11.8 Å². The van der Waals surface area contributed by atoms with E-state index in [1.165, 1.54) is 11.4 Å². The molecule has 0 spiro atoms. The van der Waals surface area contributed by atoms with Gasteiger partial charge in [-0.05, 0) is 61.8 Å². The molecule has 1 heterocycles. The van der Waals surface area contributed by atoms with Crippen molar-refractivity contribution in [1.29, 1.82) is 0 Å². The lowest BCUT2D eigenvalue weighted by Crippen LogP contribution is -2.43. The Morgan fingerprint density at radius 2 is 1.68 bits per heavy atom. The summed E-state index contributed by atoms with van der Waals surface area (Å²) in [5.41, 5.74) is -0.857. The molecule has 1 saturated heterocycles. The molecule has 0 unspecified atom stereocenters. The molecule has 0 bridgehead atoms. The molecule has 0 atom stereocenters. The Balaban J connectivity index is 1.35. The molecule has 1 aromatic carbocycles. The Morgan fingerprint density at radius 1 is 1.06 bits per heavy atom. The molecular formula is C24H36F3N3O3S. The summed E-state index contributed by atoms with van der Waals surface area (Å²) in [6, 6.07) is 3.68. The number of ether oxygens (including phenoxy) is 1.